The molecule has 0 amide bonds. The van der Waals surface area contributed by atoms with E-state index in [1.165, 1.54) is 60.8 Å². The SMILES string of the molecule is CCCCc1cc[c-](C)c1.CCCCc1cc[c-](C)c1.C[SiH]C.F.F.[Zr+2]. The maximum absolute atomic E-state index is 2.27. The summed E-state index contributed by atoms with van der Waals surface area (Å²) in [4.78, 5) is 0. The van der Waals surface area contributed by atoms with Crippen molar-refractivity contribution in [1.82, 2.24) is 0 Å². The Balaban J connectivity index is -0.000000147. The minimum atomic E-state index is 0. The first-order chi connectivity index (χ1) is 11.1. The molecule has 2 rings (SSSR count). The number of aryl methyl sites for hydroxylation is 4. The largest absolute Gasteiger partial charge is 2.00 e. The van der Waals surface area contributed by atoms with E-state index in [0.29, 0.717) is 0 Å². The summed E-state index contributed by atoms with van der Waals surface area (Å²) >= 11 is 0. The number of hydrogen-bond donors (Lipinski definition) is 0. The molecule has 0 saturated carbocycles. The molecule has 0 nitrogen and oxygen atoms in total. The molecule has 2 aromatic rings. The van der Waals surface area contributed by atoms with Crippen LogP contribution in [0.3, 0.4) is 0 Å². The minimum absolute atomic E-state index is 0. The van der Waals surface area contributed by atoms with E-state index in [1.807, 2.05) is 0 Å². The van der Waals surface area contributed by atoms with Crippen molar-refractivity contribution >= 4 is 9.52 Å². The molecule has 0 aliphatic rings. The third-order valence-corrected chi connectivity index (χ3v) is 3.58. The van der Waals surface area contributed by atoms with Crippen LogP contribution in [-0.2, 0) is 39.0 Å². The molecule has 1 radical (unpaired) electrons. The Labute approximate surface area is 182 Å². The molecule has 0 fully saturated rings. The molecule has 149 valence electrons. The molecule has 0 spiro atoms. The number of hydrogen-bond acceptors (Lipinski definition) is 0. The van der Waals surface area contributed by atoms with E-state index < -0.39 is 0 Å². The molecule has 0 aromatic heterocycles. The van der Waals surface area contributed by atoms with Gasteiger partial charge in [0.05, 0.1) is 0 Å². The summed E-state index contributed by atoms with van der Waals surface area (Å²) in [7, 11) is 0.750. The summed E-state index contributed by atoms with van der Waals surface area (Å²) in [5.41, 5.74) is 5.79. The Morgan fingerprint density at radius 2 is 1.08 bits per heavy atom. The van der Waals surface area contributed by atoms with Gasteiger partial charge in [0.15, 0.2) is 0 Å². The van der Waals surface area contributed by atoms with Gasteiger partial charge in [-0.05, 0) is 0 Å². The van der Waals surface area contributed by atoms with Gasteiger partial charge in [0, 0.05) is 9.52 Å². The Morgan fingerprint density at radius 1 is 0.769 bits per heavy atom. The van der Waals surface area contributed by atoms with E-state index in [1.54, 1.807) is 0 Å². The second kappa shape index (κ2) is 22.7. The van der Waals surface area contributed by atoms with Crippen LogP contribution in [0.5, 0.6) is 0 Å². The predicted octanol–water partition coefficient (Wildman–Crippen LogP) is 6.93. The first kappa shape index (κ1) is 33.3. The Kier molecular flexibility index (Phi) is 29.0. The van der Waals surface area contributed by atoms with Crippen molar-refractivity contribution in [2.75, 3.05) is 0 Å². The fourth-order valence-corrected chi connectivity index (χ4v) is 2.33. The van der Waals surface area contributed by atoms with Crippen LogP contribution >= 0.6 is 0 Å². The Hall–Kier alpha value is -0.340. The fourth-order valence-electron chi connectivity index (χ4n) is 2.33. The molecular weight excluding hydrogens is 422 g/mol. The molecule has 0 bridgehead atoms. The van der Waals surface area contributed by atoms with E-state index in [2.05, 4.69) is 77.2 Å². The van der Waals surface area contributed by atoms with Crippen LogP contribution < -0.4 is 0 Å². The topological polar surface area (TPSA) is 0 Å². The standard InChI is InChI=1S/2C10H15.C2H7Si.2FH.Zr/c2*1-3-4-5-10-7-6-9(2)8-10;1-3-2;;;/h2*6-8H,3-5H2,1-2H3;3H,1-2H3;2*1H;/q2*-1;;;;+2. The second-order valence-electron chi connectivity index (χ2n) is 6.38. The molecule has 2 aromatic carbocycles. The maximum Gasteiger partial charge on any atom is 2.00 e. The van der Waals surface area contributed by atoms with Crippen molar-refractivity contribution in [2.45, 2.75) is 79.3 Å². The third-order valence-electron chi connectivity index (χ3n) is 3.58. The van der Waals surface area contributed by atoms with Crippen LogP contribution in [0.1, 0.15) is 61.8 Å². The van der Waals surface area contributed by atoms with E-state index in [0.717, 1.165) is 9.52 Å². The van der Waals surface area contributed by atoms with Crippen LogP contribution in [0.15, 0.2) is 36.4 Å². The minimum Gasteiger partial charge on any atom is -0.269 e. The monoisotopic (exact) mass is 459 g/mol. The van der Waals surface area contributed by atoms with Gasteiger partial charge in [0.1, 0.15) is 0 Å². The van der Waals surface area contributed by atoms with Gasteiger partial charge < -0.3 is 0 Å². The molecule has 4 heteroatoms. The smallest absolute Gasteiger partial charge is 0.269 e. The van der Waals surface area contributed by atoms with Crippen molar-refractivity contribution in [2.24, 2.45) is 0 Å². The summed E-state index contributed by atoms with van der Waals surface area (Å²) in [5, 5.41) is 0. The van der Waals surface area contributed by atoms with Crippen molar-refractivity contribution in [1.29, 1.82) is 0 Å². The Morgan fingerprint density at radius 3 is 1.27 bits per heavy atom. The molecule has 0 aliphatic carbocycles. The molecule has 0 aliphatic heterocycles. The number of unbranched alkanes of at least 4 members (excludes halogenated alkanes) is 2. The maximum atomic E-state index is 2.27. The van der Waals surface area contributed by atoms with Crippen molar-refractivity contribution in [3.05, 3.63) is 58.7 Å². The molecule has 26 heavy (non-hydrogen) atoms. The zero-order valence-corrected chi connectivity index (χ0v) is 21.2. The quantitative estimate of drug-likeness (QED) is 0.324. The van der Waals surface area contributed by atoms with Crippen LogP contribution in [0.25, 0.3) is 0 Å². The second-order valence-corrected chi connectivity index (χ2v) is 7.53. The van der Waals surface area contributed by atoms with Crippen molar-refractivity contribution < 1.29 is 35.6 Å². The molecule has 0 N–H and O–H groups in total. The molecule has 0 atom stereocenters. The van der Waals surface area contributed by atoms with Gasteiger partial charge in [0.2, 0.25) is 0 Å². The van der Waals surface area contributed by atoms with Crippen LogP contribution in [-0.4, -0.2) is 9.52 Å². The summed E-state index contributed by atoms with van der Waals surface area (Å²) in [6, 6.07) is 13.4. The Bertz CT molecular complexity index is 448. The number of rotatable bonds is 6. The summed E-state index contributed by atoms with van der Waals surface area (Å²) in [6.45, 7) is 13.2. The average molecular weight is 461 g/mol. The van der Waals surface area contributed by atoms with Gasteiger partial charge in [-0.15, -0.1) is 0 Å². The van der Waals surface area contributed by atoms with E-state index in [-0.39, 0.29) is 35.6 Å². The normalized spacial score (nSPS) is 8.54. The van der Waals surface area contributed by atoms with Gasteiger partial charge in [-0.25, -0.2) is 12.1 Å². The predicted molar refractivity (Wildman–Crippen MR) is 115 cm³/mol. The van der Waals surface area contributed by atoms with Gasteiger partial charge in [0.25, 0.3) is 0 Å². The van der Waals surface area contributed by atoms with Gasteiger partial charge >= 0.3 is 26.2 Å². The first-order valence-corrected chi connectivity index (χ1v) is 11.6. The van der Waals surface area contributed by atoms with Gasteiger partial charge in [-0.3, -0.25) is 9.41 Å². The van der Waals surface area contributed by atoms with Gasteiger partial charge in [-0.2, -0.15) is 46.5 Å². The molecule has 0 unspecified atom stereocenters. The third kappa shape index (κ3) is 18.5. The van der Waals surface area contributed by atoms with E-state index in [4.69, 9.17) is 0 Å². The molecule has 0 saturated heterocycles. The average Bonchev–Trinajstić information content (AvgIpc) is 3.13. The van der Waals surface area contributed by atoms with Crippen LogP contribution in [0.2, 0.25) is 13.1 Å². The molecule has 0 heterocycles. The summed E-state index contributed by atoms with van der Waals surface area (Å²) < 4.78 is 0. The van der Waals surface area contributed by atoms with E-state index in [9.17, 15) is 0 Å². The van der Waals surface area contributed by atoms with Crippen molar-refractivity contribution in [3.8, 4) is 0 Å². The van der Waals surface area contributed by atoms with Crippen LogP contribution in [0.4, 0.5) is 9.41 Å². The zero-order chi connectivity index (χ0) is 17.5. The number of halogens is 2. The first-order valence-electron chi connectivity index (χ1n) is 9.25. The van der Waals surface area contributed by atoms with Gasteiger partial charge in [-0.1, -0.05) is 79.3 Å². The van der Waals surface area contributed by atoms with Crippen molar-refractivity contribution in [3.63, 3.8) is 0 Å². The van der Waals surface area contributed by atoms with E-state index >= 15 is 0 Å². The summed E-state index contributed by atoms with van der Waals surface area (Å²) in [5.74, 6) is 0. The molecular formula is C22H39F2SiZr. The fraction of sp³-hybridized carbons (Fsp3) is 0.545. The summed E-state index contributed by atoms with van der Waals surface area (Å²) in [6.07, 6.45) is 7.75. The zero-order valence-electron chi connectivity index (χ0n) is 17.6. The van der Waals surface area contributed by atoms with Crippen LogP contribution in [0, 0.1) is 13.8 Å².